The summed E-state index contributed by atoms with van der Waals surface area (Å²) in [6, 6.07) is 9.61. The molecule has 0 unspecified atom stereocenters. The van der Waals surface area contributed by atoms with Crippen molar-refractivity contribution in [1.29, 1.82) is 0 Å². The number of amides is 4. The van der Waals surface area contributed by atoms with Gasteiger partial charge in [0.1, 0.15) is 0 Å². The molecule has 2 N–H and O–H groups in total. The second kappa shape index (κ2) is 10.7. The average Bonchev–Trinajstić information content (AvgIpc) is 3.06. The molecule has 34 heavy (non-hydrogen) atoms. The van der Waals surface area contributed by atoms with Gasteiger partial charge in [0.15, 0.2) is 6.61 Å². The number of hydrogen-bond acceptors (Lipinski definition) is 6. The summed E-state index contributed by atoms with van der Waals surface area (Å²) in [4.78, 5) is 62.5. The van der Waals surface area contributed by atoms with Crippen LogP contribution >= 0.6 is 0 Å². The Morgan fingerprint density at radius 1 is 0.971 bits per heavy atom. The van der Waals surface area contributed by atoms with E-state index in [1.807, 2.05) is 32.9 Å². The number of anilines is 1. The number of hydrogen-bond donors (Lipinski definition) is 2. The van der Waals surface area contributed by atoms with E-state index in [-0.39, 0.29) is 29.1 Å². The number of nitrogens with one attached hydrogen (secondary N) is 2. The predicted molar refractivity (Wildman–Crippen MR) is 125 cm³/mol. The van der Waals surface area contributed by atoms with Crippen molar-refractivity contribution in [1.82, 2.24) is 10.2 Å². The highest BCUT2D eigenvalue weighted by Gasteiger charge is 2.35. The van der Waals surface area contributed by atoms with Gasteiger partial charge in [-0.25, -0.2) is 4.79 Å². The third kappa shape index (κ3) is 5.48. The summed E-state index contributed by atoms with van der Waals surface area (Å²) in [7, 11) is 0. The summed E-state index contributed by atoms with van der Waals surface area (Å²) in [5.74, 6) is -2.71. The number of nitrogens with zero attached hydrogens (tertiary/aromatic N) is 1. The molecule has 178 valence electrons. The predicted octanol–water partition coefficient (Wildman–Crippen LogP) is 2.61. The molecule has 0 spiro atoms. The lowest BCUT2D eigenvalue weighted by Gasteiger charge is -2.12. The summed E-state index contributed by atoms with van der Waals surface area (Å²) in [5, 5.41) is 5.11. The second-order valence-electron chi connectivity index (χ2n) is 8.02. The van der Waals surface area contributed by atoms with Gasteiger partial charge < -0.3 is 15.4 Å². The van der Waals surface area contributed by atoms with Crippen LogP contribution in [0.4, 0.5) is 5.69 Å². The molecule has 9 heteroatoms. The maximum Gasteiger partial charge on any atom is 0.338 e. The highest BCUT2D eigenvalue weighted by molar-refractivity contribution is 6.22. The Bertz CT molecular complexity index is 1160. The van der Waals surface area contributed by atoms with Crippen molar-refractivity contribution in [3.8, 4) is 0 Å². The molecule has 0 fully saturated rings. The minimum absolute atomic E-state index is 0.0534. The first-order chi connectivity index (χ1) is 16.2. The second-order valence-corrected chi connectivity index (χ2v) is 8.02. The lowest BCUT2D eigenvalue weighted by atomic mass is 10.1. The Kier molecular flexibility index (Phi) is 7.78. The van der Waals surface area contributed by atoms with Crippen LogP contribution < -0.4 is 10.6 Å². The van der Waals surface area contributed by atoms with Crippen LogP contribution in [0.1, 0.15) is 62.0 Å². The Labute approximate surface area is 197 Å². The highest BCUT2D eigenvalue weighted by atomic mass is 16.5. The molecule has 1 aliphatic heterocycles. The normalized spacial score (nSPS) is 12.4. The Morgan fingerprint density at radius 3 is 2.44 bits per heavy atom. The van der Waals surface area contributed by atoms with Crippen LogP contribution in [0.25, 0.3) is 0 Å². The number of benzene rings is 2. The van der Waals surface area contributed by atoms with E-state index >= 15 is 0 Å². The number of fused-ring (bicyclic) bond motifs is 1. The van der Waals surface area contributed by atoms with Gasteiger partial charge >= 0.3 is 5.97 Å². The fraction of sp³-hybridized carbons (Fsp3) is 0.320. The average molecular weight is 466 g/mol. The van der Waals surface area contributed by atoms with Gasteiger partial charge in [0, 0.05) is 12.2 Å². The number of rotatable bonds is 9. The lowest BCUT2D eigenvalue weighted by molar-refractivity contribution is -0.126. The summed E-state index contributed by atoms with van der Waals surface area (Å²) in [6.07, 6.45) is 1.53. The number of ether oxygens (including phenoxy) is 1. The van der Waals surface area contributed by atoms with Gasteiger partial charge in [0.05, 0.1) is 23.2 Å². The molecule has 9 nitrogen and oxygen atoms in total. The Morgan fingerprint density at radius 2 is 1.71 bits per heavy atom. The molecule has 0 aromatic heterocycles. The van der Waals surface area contributed by atoms with E-state index < -0.39 is 30.3 Å². The van der Waals surface area contributed by atoms with Crippen molar-refractivity contribution in [3.05, 3.63) is 64.2 Å². The maximum atomic E-state index is 12.5. The highest BCUT2D eigenvalue weighted by Crippen LogP contribution is 2.24. The quantitative estimate of drug-likeness (QED) is 0.434. The molecule has 0 aliphatic carbocycles. The number of carbonyl (C=O) groups is 5. The van der Waals surface area contributed by atoms with Crippen molar-refractivity contribution in [2.24, 2.45) is 0 Å². The third-order valence-electron chi connectivity index (χ3n) is 5.60. The molecule has 1 heterocycles. The monoisotopic (exact) mass is 465 g/mol. The lowest BCUT2D eigenvalue weighted by Crippen LogP contribution is -2.35. The van der Waals surface area contributed by atoms with Gasteiger partial charge in [-0.15, -0.1) is 0 Å². The number of imide groups is 1. The molecule has 0 radical (unpaired) electrons. The summed E-state index contributed by atoms with van der Waals surface area (Å²) in [6.45, 7) is 5.21. The molecule has 4 amide bonds. The van der Waals surface area contributed by atoms with Crippen LogP contribution in [0.2, 0.25) is 0 Å². The van der Waals surface area contributed by atoms with Crippen LogP contribution in [0.3, 0.4) is 0 Å². The Balaban J connectivity index is 1.50. The van der Waals surface area contributed by atoms with Crippen molar-refractivity contribution in [2.75, 3.05) is 25.0 Å². The van der Waals surface area contributed by atoms with Crippen LogP contribution in [0, 0.1) is 13.8 Å². The molecular weight excluding hydrogens is 438 g/mol. The first-order valence-corrected chi connectivity index (χ1v) is 11.0. The minimum Gasteiger partial charge on any atom is -0.452 e. The largest absolute Gasteiger partial charge is 0.452 e. The molecule has 0 saturated heterocycles. The molecule has 0 atom stereocenters. The standard InChI is InChI=1S/C25H27N3O6/c1-4-5-11-28-23(31)18-10-9-17(12-19(18)24(28)32)25(33)34-14-22(30)26-13-21(29)27-20-8-6-7-15(2)16(20)3/h6-10,12H,4-5,11,13-14H2,1-3H3,(H,26,30)(H,27,29). The van der Waals surface area contributed by atoms with Crippen molar-refractivity contribution < 1.29 is 28.7 Å². The van der Waals surface area contributed by atoms with E-state index in [0.717, 1.165) is 17.5 Å². The topological polar surface area (TPSA) is 122 Å². The molecule has 3 rings (SSSR count). The molecule has 2 aromatic carbocycles. The first kappa shape index (κ1) is 24.6. The van der Waals surface area contributed by atoms with E-state index in [4.69, 9.17) is 4.74 Å². The number of unbranched alkanes of at least 4 members (excludes halogenated alkanes) is 1. The van der Waals surface area contributed by atoms with Crippen molar-refractivity contribution >= 4 is 35.3 Å². The number of esters is 1. The Hall–Kier alpha value is -4.01. The zero-order chi connectivity index (χ0) is 24.8. The number of carbonyl (C=O) groups excluding carboxylic acids is 5. The summed E-state index contributed by atoms with van der Waals surface area (Å²) < 4.78 is 5.00. The van der Waals surface area contributed by atoms with Gasteiger partial charge in [-0.1, -0.05) is 25.5 Å². The summed E-state index contributed by atoms with van der Waals surface area (Å²) in [5.41, 5.74) is 3.05. The van der Waals surface area contributed by atoms with E-state index in [9.17, 15) is 24.0 Å². The van der Waals surface area contributed by atoms with E-state index in [2.05, 4.69) is 10.6 Å². The minimum atomic E-state index is -0.815. The number of aryl methyl sites for hydroxylation is 1. The molecule has 0 bridgehead atoms. The fourth-order valence-corrected chi connectivity index (χ4v) is 3.46. The molecular formula is C25H27N3O6. The molecule has 0 saturated carbocycles. The SMILES string of the molecule is CCCCN1C(=O)c2ccc(C(=O)OCC(=O)NCC(=O)Nc3cccc(C)c3C)cc2C1=O. The summed E-state index contributed by atoms with van der Waals surface area (Å²) >= 11 is 0. The first-order valence-electron chi connectivity index (χ1n) is 11.0. The zero-order valence-corrected chi connectivity index (χ0v) is 19.4. The van der Waals surface area contributed by atoms with Gasteiger partial charge in [-0.05, 0) is 55.7 Å². The van der Waals surface area contributed by atoms with E-state index in [1.54, 1.807) is 6.07 Å². The zero-order valence-electron chi connectivity index (χ0n) is 19.4. The van der Waals surface area contributed by atoms with E-state index in [1.165, 1.54) is 23.1 Å². The van der Waals surface area contributed by atoms with Crippen LogP contribution in [0.5, 0.6) is 0 Å². The third-order valence-corrected chi connectivity index (χ3v) is 5.60. The van der Waals surface area contributed by atoms with E-state index in [0.29, 0.717) is 18.7 Å². The fourth-order valence-electron chi connectivity index (χ4n) is 3.46. The molecule has 2 aromatic rings. The van der Waals surface area contributed by atoms with Crippen LogP contribution in [-0.2, 0) is 14.3 Å². The van der Waals surface area contributed by atoms with Gasteiger partial charge in [0.2, 0.25) is 5.91 Å². The smallest absolute Gasteiger partial charge is 0.338 e. The van der Waals surface area contributed by atoms with Crippen molar-refractivity contribution in [2.45, 2.75) is 33.6 Å². The van der Waals surface area contributed by atoms with Crippen molar-refractivity contribution in [3.63, 3.8) is 0 Å². The van der Waals surface area contributed by atoms with Gasteiger partial charge in [-0.2, -0.15) is 0 Å². The van der Waals surface area contributed by atoms with Gasteiger partial charge in [-0.3, -0.25) is 24.1 Å². The van der Waals surface area contributed by atoms with Crippen LogP contribution in [-0.4, -0.2) is 54.2 Å². The van der Waals surface area contributed by atoms with Gasteiger partial charge in [0.25, 0.3) is 17.7 Å². The molecule has 1 aliphatic rings. The van der Waals surface area contributed by atoms with Crippen LogP contribution in [0.15, 0.2) is 36.4 Å². The maximum absolute atomic E-state index is 12.5.